The number of aromatic amines is 1. The van der Waals surface area contributed by atoms with Crippen molar-refractivity contribution in [3.05, 3.63) is 22.2 Å². The van der Waals surface area contributed by atoms with Crippen molar-refractivity contribution in [1.82, 2.24) is 5.16 Å². The molecule has 0 aliphatic rings. The molecule has 1 aromatic heterocycles. The molecule has 0 unspecified atom stereocenters. The van der Waals surface area contributed by atoms with Crippen LogP contribution in [0.1, 0.15) is 19.6 Å². The van der Waals surface area contributed by atoms with E-state index in [2.05, 4.69) is 5.16 Å². The molecule has 0 aromatic carbocycles. The zero-order valence-electron chi connectivity index (χ0n) is 7.46. The Kier molecular flexibility index (Phi) is 2.27. The number of rotatable bonds is 3. The van der Waals surface area contributed by atoms with Crippen LogP contribution in [0, 0.1) is 5.41 Å². The van der Waals surface area contributed by atoms with Gasteiger partial charge in [0.25, 0.3) is 5.56 Å². The van der Waals surface area contributed by atoms with E-state index in [0.29, 0.717) is 5.76 Å². The van der Waals surface area contributed by atoms with Crippen molar-refractivity contribution in [3.8, 4) is 0 Å². The van der Waals surface area contributed by atoms with Gasteiger partial charge in [-0.1, -0.05) is 0 Å². The molecule has 13 heavy (non-hydrogen) atoms. The van der Waals surface area contributed by atoms with Crippen molar-refractivity contribution in [1.29, 1.82) is 0 Å². The van der Waals surface area contributed by atoms with E-state index in [1.165, 1.54) is 6.07 Å². The monoisotopic (exact) mass is 185 g/mol. The Balaban J connectivity index is 2.80. The van der Waals surface area contributed by atoms with Crippen LogP contribution in [0.3, 0.4) is 0 Å². The number of aliphatic carboxylic acids is 1. The molecule has 5 heteroatoms. The van der Waals surface area contributed by atoms with Crippen LogP contribution in [0.2, 0.25) is 0 Å². The summed E-state index contributed by atoms with van der Waals surface area (Å²) in [6.45, 7) is 3.14. The lowest BCUT2D eigenvalue weighted by molar-refractivity contribution is -0.147. The average molecular weight is 185 g/mol. The summed E-state index contributed by atoms with van der Waals surface area (Å²) in [4.78, 5) is 21.4. The van der Waals surface area contributed by atoms with E-state index < -0.39 is 11.4 Å². The van der Waals surface area contributed by atoms with E-state index in [-0.39, 0.29) is 12.0 Å². The van der Waals surface area contributed by atoms with E-state index in [9.17, 15) is 9.59 Å². The zero-order valence-corrected chi connectivity index (χ0v) is 7.46. The normalized spacial score (nSPS) is 11.5. The quantitative estimate of drug-likeness (QED) is 0.723. The van der Waals surface area contributed by atoms with Gasteiger partial charge in [0, 0.05) is 12.5 Å². The first-order chi connectivity index (χ1) is 5.92. The lowest BCUT2D eigenvalue weighted by Gasteiger charge is -2.16. The molecule has 72 valence electrons. The maximum atomic E-state index is 10.7. The first-order valence-corrected chi connectivity index (χ1v) is 3.82. The second-order valence-electron chi connectivity index (χ2n) is 3.54. The molecule has 0 bridgehead atoms. The van der Waals surface area contributed by atoms with Gasteiger partial charge in [0.15, 0.2) is 0 Å². The maximum absolute atomic E-state index is 10.7. The second kappa shape index (κ2) is 3.08. The molecule has 0 aliphatic carbocycles. The predicted octanol–water partition coefficient (Wildman–Crippen LogP) is 0.621. The molecular weight excluding hydrogens is 174 g/mol. The summed E-state index contributed by atoms with van der Waals surface area (Å²) in [5.74, 6) is -0.561. The van der Waals surface area contributed by atoms with Gasteiger partial charge in [0.1, 0.15) is 5.76 Å². The number of hydrogen-bond donors (Lipinski definition) is 2. The highest BCUT2D eigenvalue weighted by Gasteiger charge is 2.28. The van der Waals surface area contributed by atoms with Crippen LogP contribution in [0.25, 0.3) is 0 Å². The van der Waals surface area contributed by atoms with Gasteiger partial charge in [-0.05, 0) is 13.8 Å². The third kappa shape index (κ3) is 2.21. The van der Waals surface area contributed by atoms with Crippen LogP contribution < -0.4 is 5.56 Å². The highest BCUT2D eigenvalue weighted by atomic mass is 16.5. The van der Waals surface area contributed by atoms with Crippen molar-refractivity contribution in [3.63, 3.8) is 0 Å². The molecule has 0 spiro atoms. The molecule has 0 radical (unpaired) electrons. The molecular formula is C8H11NO4. The van der Waals surface area contributed by atoms with Gasteiger partial charge >= 0.3 is 5.97 Å². The van der Waals surface area contributed by atoms with Crippen LogP contribution in [-0.2, 0) is 11.2 Å². The molecule has 0 amide bonds. The van der Waals surface area contributed by atoms with Crippen molar-refractivity contribution in [2.45, 2.75) is 20.3 Å². The van der Waals surface area contributed by atoms with Gasteiger partial charge in [-0.25, -0.2) is 0 Å². The Labute approximate surface area is 74.3 Å². The fourth-order valence-corrected chi connectivity index (χ4v) is 0.919. The minimum atomic E-state index is -0.920. The summed E-state index contributed by atoms with van der Waals surface area (Å²) >= 11 is 0. The van der Waals surface area contributed by atoms with Crippen molar-refractivity contribution in [2.24, 2.45) is 5.41 Å². The van der Waals surface area contributed by atoms with Crippen LogP contribution in [-0.4, -0.2) is 16.2 Å². The second-order valence-corrected chi connectivity index (χ2v) is 3.54. The number of carboxylic acid groups (broad SMARTS) is 1. The summed E-state index contributed by atoms with van der Waals surface area (Å²) in [6.07, 6.45) is 0.196. The Hall–Kier alpha value is -1.52. The molecule has 1 rings (SSSR count). The molecule has 1 aromatic rings. The Bertz CT molecular complexity index is 360. The molecule has 0 saturated carbocycles. The third-order valence-electron chi connectivity index (χ3n) is 1.77. The zero-order chi connectivity index (χ0) is 10.1. The average Bonchev–Trinajstić information content (AvgIpc) is 2.34. The van der Waals surface area contributed by atoms with Crippen LogP contribution in [0.4, 0.5) is 0 Å². The molecule has 2 N–H and O–H groups in total. The van der Waals surface area contributed by atoms with E-state index in [1.807, 2.05) is 0 Å². The molecule has 0 saturated heterocycles. The molecule has 5 nitrogen and oxygen atoms in total. The van der Waals surface area contributed by atoms with E-state index in [0.717, 1.165) is 0 Å². The highest BCUT2D eigenvalue weighted by molar-refractivity contribution is 5.73. The summed E-state index contributed by atoms with van der Waals surface area (Å²) < 4.78 is 4.75. The van der Waals surface area contributed by atoms with Gasteiger partial charge in [-0.3, -0.25) is 9.59 Å². The van der Waals surface area contributed by atoms with Crippen molar-refractivity contribution >= 4 is 5.97 Å². The number of carboxylic acids is 1. The SMILES string of the molecule is CC(C)(Cc1cc(=O)[nH]o1)C(=O)O. The fraction of sp³-hybridized carbons (Fsp3) is 0.500. The number of carbonyl (C=O) groups is 1. The fourth-order valence-electron chi connectivity index (χ4n) is 0.919. The lowest BCUT2D eigenvalue weighted by atomic mass is 9.88. The highest BCUT2D eigenvalue weighted by Crippen LogP contribution is 2.20. The van der Waals surface area contributed by atoms with E-state index in [1.54, 1.807) is 13.8 Å². The maximum Gasteiger partial charge on any atom is 0.309 e. The Morgan fingerprint density at radius 1 is 1.69 bits per heavy atom. The minimum absolute atomic E-state index is 0.196. The number of aromatic nitrogens is 1. The summed E-state index contributed by atoms with van der Waals surface area (Å²) in [6, 6.07) is 1.25. The standard InChI is InChI=1S/C8H11NO4/c1-8(2,7(11)12)4-5-3-6(10)9-13-5/h3H,4H2,1-2H3,(H,9,10)(H,11,12). The Morgan fingerprint density at radius 2 is 2.31 bits per heavy atom. The van der Waals surface area contributed by atoms with Crippen molar-refractivity contribution in [2.75, 3.05) is 0 Å². The first-order valence-electron chi connectivity index (χ1n) is 3.82. The largest absolute Gasteiger partial charge is 0.481 e. The van der Waals surface area contributed by atoms with Crippen LogP contribution in [0.15, 0.2) is 15.4 Å². The minimum Gasteiger partial charge on any atom is -0.481 e. The molecule has 1 heterocycles. The first kappa shape index (κ1) is 9.57. The van der Waals surface area contributed by atoms with E-state index >= 15 is 0 Å². The number of H-pyrrole nitrogens is 1. The van der Waals surface area contributed by atoms with Crippen molar-refractivity contribution < 1.29 is 14.4 Å². The summed E-state index contributed by atoms with van der Waals surface area (Å²) in [7, 11) is 0. The summed E-state index contributed by atoms with van der Waals surface area (Å²) in [5.41, 5.74) is -1.27. The van der Waals surface area contributed by atoms with Gasteiger partial charge < -0.3 is 9.63 Å². The van der Waals surface area contributed by atoms with Gasteiger partial charge in [0.2, 0.25) is 0 Å². The number of hydrogen-bond acceptors (Lipinski definition) is 3. The van der Waals surface area contributed by atoms with Crippen LogP contribution >= 0.6 is 0 Å². The smallest absolute Gasteiger partial charge is 0.309 e. The predicted molar refractivity (Wildman–Crippen MR) is 44.4 cm³/mol. The number of nitrogens with one attached hydrogen (secondary N) is 1. The lowest BCUT2D eigenvalue weighted by Crippen LogP contribution is -2.25. The van der Waals surface area contributed by atoms with Crippen LogP contribution in [0.5, 0.6) is 0 Å². The van der Waals surface area contributed by atoms with Gasteiger partial charge in [-0.15, -0.1) is 0 Å². The van der Waals surface area contributed by atoms with Gasteiger partial charge in [-0.2, -0.15) is 5.16 Å². The molecule has 0 fully saturated rings. The topological polar surface area (TPSA) is 83.3 Å². The summed E-state index contributed by atoms with van der Waals surface area (Å²) in [5, 5.41) is 10.9. The molecule has 0 aliphatic heterocycles. The Morgan fingerprint density at radius 3 is 2.69 bits per heavy atom. The van der Waals surface area contributed by atoms with Gasteiger partial charge in [0.05, 0.1) is 5.41 Å². The molecule has 0 atom stereocenters. The van der Waals surface area contributed by atoms with E-state index in [4.69, 9.17) is 9.63 Å². The third-order valence-corrected chi connectivity index (χ3v) is 1.77.